The van der Waals surface area contributed by atoms with Crippen LogP contribution in [0.5, 0.6) is 0 Å². The van der Waals surface area contributed by atoms with Gasteiger partial charge in [-0.2, -0.15) is 12.6 Å². The van der Waals surface area contributed by atoms with Crippen LogP contribution in [-0.2, 0) is 0 Å². The summed E-state index contributed by atoms with van der Waals surface area (Å²) < 4.78 is 0. The summed E-state index contributed by atoms with van der Waals surface area (Å²) in [5.41, 5.74) is 6.37. The molecule has 0 aromatic carbocycles. The molecule has 2 unspecified atom stereocenters. The SMILES string of the molecule is NC1=NC(O)C2=C(NCC(CS)C2)N1. The lowest BCUT2D eigenvalue weighted by molar-refractivity contribution is 0.202. The number of rotatable bonds is 1. The second-order valence-corrected chi connectivity index (χ2v) is 3.91. The van der Waals surface area contributed by atoms with E-state index in [0.29, 0.717) is 5.92 Å². The molecule has 0 aliphatic carbocycles. The van der Waals surface area contributed by atoms with Crippen LogP contribution in [0, 0.1) is 5.92 Å². The van der Waals surface area contributed by atoms with Crippen molar-refractivity contribution < 1.29 is 5.11 Å². The van der Waals surface area contributed by atoms with E-state index in [4.69, 9.17) is 5.73 Å². The van der Waals surface area contributed by atoms with Gasteiger partial charge in [-0.05, 0) is 18.1 Å². The van der Waals surface area contributed by atoms with Crippen molar-refractivity contribution in [3.8, 4) is 0 Å². The van der Waals surface area contributed by atoms with Crippen LogP contribution < -0.4 is 16.4 Å². The van der Waals surface area contributed by atoms with E-state index in [9.17, 15) is 5.11 Å². The third kappa shape index (κ3) is 1.67. The van der Waals surface area contributed by atoms with Crippen LogP contribution in [0.1, 0.15) is 6.42 Å². The van der Waals surface area contributed by atoms with E-state index < -0.39 is 6.23 Å². The van der Waals surface area contributed by atoms with Crippen molar-refractivity contribution in [3.63, 3.8) is 0 Å². The number of nitrogens with zero attached hydrogens (tertiary/aromatic N) is 1. The van der Waals surface area contributed by atoms with Gasteiger partial charge < -0.3 is 21.5 Å². The van der Waals surface area contributed by atoms with Crippen LogP contribution in [0.4, 0.5) is 0 Å². The fourth-order valence-corrected chi connectivity index (χ4v) is 1.96. The number of aliphatic imine (C=N–C) groups is 1. The lowest BCUT2D eigenvalue weighted by Crippen LogP contribution is -2.47. The second-order valence-electron chi connectivity index (χ2n) is 3.55. The van der Waals surface area contributed by atoms with Gasteiger partial charge in [-0.1, -0.05) is 0 Å². The minimum Gasteiger partial charge on any atom is -0.371 e. The van der Waals surface area contributed by atoms with Crippen molar-refractivity contribution in [2.75, 3.05) is 12.3 Å². The van der Waals surface area contributed by atoms with Crippen molar-refractivity contribution in [3.05, 3.63) is 11.4 Å². The zero-order chi connectivity index (χ0) is 10.1. The van der Waals surface area contributed by atoms with Crippen LogP contribution in [0.2, 0.25) is 0 Å². The maximum Gasteiger partial charge on any atom is 0.197 e. The smallest absolute Gasteiger partial charge is 0.197 e. The molecule has 0 amide bonds. The zero-order valence-corrected chi connectivity index (χ0v) is 8.59. The molecule has 0 bridgehead atoms. The van der Waals surface area contributed by atoms with E-state index in [1.807, 2.05) is 0 Å². The maximum atomic E-state index is 9.66. The van der Waals surface area contributed by atoms with Crippen molar-refractivity contribution in [2.45, 2.75) is 12.6 Å². The molecule has 2 aliphatic rings. The summed E-state index contributed by atoms with van der Waals surface area (Å²) in [6, 6.07) is 0. The van der Waals surface area contributed by atoms with E-state index in [-0.39, 0.29) is 5.96 Å². The summed E-state index contributed by atoms with van der Waals surface area (Å²) in [7, 11) is 0. The molecule has 0 spiro atoms. The van der Waals surface area contributed by atoms with Gasteiger partial charge in [0.05, 0.1) is 0 Å². The van der Waals surface area contributed by atoms with Gasteiger partial charge in [0.1, 0.15) is 5.82 Å². The van der Waals surface area contributed by atoms with Gasteiger partial charge in [0, 0.05) is 12.1 Å². The first kappa shape index (κ1) is 9.67. The first-order chi connectivity index (χ1) is 6.70. The number of aliphatic hydroxyl groups is 1. The van der Waals surface area contributed by atoms with Gasteiger partial charge in [-0.3, -0.25) is 0 Å². The maximum absolute atomic E-state index is 9.66. The number of nitrogens with two attached hydrogens (primary N) is 1. The van der Waals surface area contributed by atoms with Gasteiger partial charge in [-0.15, -0.1) is 0 Å². The summed E-state index contributed by atoms with van der Waals surface area (Å²) in [6.45, 7) is 0.856. The molecule has 2 heterocycles. The Morgan fingerprint density at radius 3 is 3.14 bits per heavy atom. The number of thiol groups is 1. The van der Waals surface area contributed by atoms with E-state index in [2.05, 4.69) is 28.3 Å². The Bertz CT molecular complexity index is 302. The molecule has 78 valence electrons. The zero-order valence-electron chi connectivity index (χ0n) is 7.70. The molecule has 2 aliphatic heterocycles. The van der Waals surface area contributed by atoms with Gasteiger partial charge in [-0.25, -0.2) is 4.99 Å². The van der Waals surface area contributed by atoms with E-state index in [0.717, 1.165) is 30.1 Å². The minimum atomic E-state index is -0.804. The first-order valence-corrected chi connectivity index (χ1v) is 5.20. The fraction of sp³-hybridized carbons (Fsp3) is 0.625. The average molecular weight is 214 g/mol. The molecular weight excluding hydrogens is 200 g/mol. The Balaban J connectivity index is 2.17. The summed E-state index contributed by atoms with van der Waals surface area (Å²) >= 11 is 4.24. The van der Waals surface area contributed by atoms with Crippen molar-refractivity contribution in [2.24, 2.45) is 16.6 Å². The Morgan fingerprint density at radius 2 is 2.43 bits per heavy atom. The molecule has 5 N–H and O–H groups in total. The van der Waals surface area contributed by atoms with E-state index >= 15 is 0 Å². The Kier molecular flexibility index (Phi) is 2.56. The minimum absolute atomic E-state index is 0.257. The largest absolute Gasteiger partial charge is 0.371 e. The topological polar surface area (TPSA) is 82.7 Å². The molecule has 0 saturated carbocycles. The van der Waals surface area contributed by atoms with Gasteiger partial charge in [0.25, 0.3) is 0 Å². The number of aliphatic hydroxyl groups excluding tert-OH is 1. The van der Waals surface area contributed by atoms with Crippen LogP contribution >= 0.6 is 12.6 Å². The third-order valence-corrected chi connectivity index (χ3v) is 3.00. The molecule has 0 aromatic rings. The lowest BCUT2D eigenvalue weighted by atomic mass is 9.96. The highest BCUT2D eigenvalue weighted by Gasteiger charge is 2.27. The standard InChI is InChI=1S/C8H14N4OS/c9-8-11-6-5(7(13)12-8)1-4(3-14)2-10-6/h4,7,10,13-14H,1-3H2,(H3,9,11,12). The summed E-state index contributed by atoms with van der Waals surface area (Å²) in [5, 5.41) is 15.7. The monoisotopic (exact) mass is 214 g/mol. The number of hydrogen-bond donors (Lipinski definition) is 5. The predicted octanol–water partition coefficient (Wildman–Crippen LogP) is -1.03. The van der Waals surface area contributed by atoms with Crippen molar-refractivity contribution in [1.29, 1.82) is 0 Å². The molecule has 6 heteroatoms. The van der Waals surface area contributed by atoms with Gasteiger partial charge in [0.2, 0.25) is 0 Å². The Labute approximate surface area is 87.9 Å². The molecule has 5 nitrogen and oxygen atoms in total. The van der Waals surface area contributed by atoms with Gasteiger partial charge >= 0.3 is 0 Å². The third-order valence-electron chi connectivity index (χ3n) is 2.48. The van der Waals surface area contributed by atoms with Crippen LogP contribution in [0.25, 0.3) is 0 Å². The van der Waals surface area contributed by atoms with Crippen LogP contribution in [0.15, 0.2) is 16.4 Å². The second kappa shape index (κ2) is 3.70. The molecule has 2 rings (SSSR count). The molecule has 14 heavy (non-hydrogen) atoms. The van der Waals surface area contributed by atoms with Crippen molar-refractivity contribution >= 4 is 18.6 Å². The summed E-state index contributed by atoms with van der Waals surface area (Å²) in [6.07, 6.45) is 0.0120. The number of guanidine groups is 1. The molecule has 2 atom stereocenters. The normalized spacial score (nSPS) is 31.4. The molecule has 0 fully saturated rings. The fourth-order valence-electron chi connectivity index (χ4n) is 1.70. The number of nitrogens with one attached hydrogen (secondary N) is 2. The molecule has 0 radical (unpaired) electrons. The first-order valence-electron chi connectivity index (χ1n) is 4.57. The molecular formula is C8H14N4OS. The summed E-state index contributed by atoms with van der Waals surface area (Å²) in [4.78, 5) is 3.85. The van der Waals surface area contributed by atoms with Crippen LogP contribution in [-0.4, -0.2) is 29.6 Å². The predicted molar refractivity (Wildman–Crippen MR) is 57.8 cm³/mol. The average Bonchev–Trinajstić information content (AvgIpc) is 2.17. The number of hydrogen-bond acceptors (Lipinski definition) is 6. The highest BCUT2D eigenvalue weighted by atomic mass is 32.1. The van der Waals surface area contributed by atoms with Crippen LogP contribution in [0.3, 0.4) is 0 Å². The lowest BCUT2D eigenvalue weighted by Gasteiger charge is -2.32. The Morgan fingerprint density at radius 1 is 1.64 bits per heavy atom. The molecule has 0 saturated heterocycles. The Hall–Kier alpha value is -0.880. The summed E-state index contributed by atoms with van der Waals surface area (Å²) in [5.74, 6) is 2.31. The highest BCUT2D eigenvalue weighted by Crippen LogP contribution is 2.24. The van der Waals surface area contributed by atoms with E-state index in [1.165, 1.54) is 0 Å². The highest BCUT2D eigenvalue weighted by molar-refractivity contribution is 7.80. The van der Waals surface area contributed by atoms with Crippen molar-refractivity contribution in [1.82, 2.24) is 10.6 Å². The quantitative estimate of drug-likeness (QED) is 0.362. The van der Waals surface area contributed by atoms with Gasteiger partial charge in [0.15, 0.2) is 12.2 Å². The molecule has 0 aromatic heterocycles. The van der Waals surface area contributed by atoms with E-state index in [1.54, 1.807) is 0 Å².